The molecule has 0 unspecified atom stereocenters. The van der Waals surface area contributed by atoms with Crippen molar-refractivity contribution in [2.75, 3.05) is 29.9 Å². The summed E-state index contributed by atoms with van der Waals surface area (Å²) in [6.45, 7) is 4.77. The zero-order valence-corrected chi connectivity index (χ0v) is 19.4. The largest absolute Gasteiger partial charge is 0.484 e. The predicted molar refractivity (Wildman–Crippen MR) is 125 cm³/mol. The normalized spacial score (nSPS) is 15.7. The number of hydrogen-bond donors (Lipinski definition) is 2. The molecule has 1 atom stereocenters. The number of anilines is 2. The topological polar surface area (TPSA) is 87.7 Å². The molecule has 2 aromatic carbocycles. The first-order valence-corrected chi connectivity index (χ1v) is 11.0. The maximum absolute atomic E-state index is 12.4. The van der Waals surface area contributed by atoms with Crippen molar-refractivity contribution in [3.8, 4) is 5.75 Å². The van der Waals surface area contributed by atoms with Gasteiger partial charge in [0.1, 0.15) is 5.75 Å². The Hall–Kier alpha value is -2.77. The van der Waals surface area contributed by atoms with Gasteiger partial charge in [-0.3, -0.25) is 14.4 Å². The average molecular weight is 478 g/mol. The van der Waals surface area contributed by atoms with Gasteiger partial charge in [0.15, 0.2) is 6.61 Å². The molecule has 170 valence electrons. The summed E-state index contributed by atoms with van der Waals surface area (Å²) in [5, 5.41) is 6.38. The molecular weight excluding hydrogens is 453 g/mol. The maximum atomic E-state index is 12.4. The first kappa shape index (κ1) is 23.9. The first-order valence-electron chi connectivity index (χ1n) is 10.3. The fraction of sp³-hybridized carbons (Fsp3) is 0.348. The lowest BCUT2D eigenvalue weighted by Gasteiger charge is -2.17. The van der Waals surface area contributed by atoms with Crippen molar-refractivity contribution >= 4 is 52.3 Å². The highest BCUT2D eigenvalue weighted by atomic mass is 35.5. The van der Waals surface area contributed by atoms with Crippen LogP contribution in [0.5, 0.6) is 5.75 Å². The first-order chi connectivity index (χ1) is 15.2. The fourth-order valence-corrected chi connectivity index (χ4v) is 3.80. The van der Waals surface area contributed by atoms with E-state index in [-0.39, 0.29) is 36.7 Å². The van der Waals surface area contributed by atoms with Gasteiger partial charge in [0, 0.05) is 40.9 Å². The van der Waals surface area contributed by atoms with Crippen LogP contribution < -0.4 is 20.3 Å². The van der Waals surface area contributed by atoms with Crippen molar-refractivity contribution in [2.24, 2.45) is 11.8 Å². The minimum absolute atomic E-state index is 0.0945. The number of rotatable bonds is 8. The van der Waals surface area contributed by atoms with Gasteiger partial charge in [-0.1, -0.05) is 37.0 Å². The maximum Gasteiger partial charge on any atom is 0.262 e. The van der Waals surface area contributed by atoms with Crippen molar-refractivity contribution in [1.29, 1.82) is 0 Å². The summed E-state index contributed by atoms with van der Waals surface area (Å²) in [5.74, 6) is -0.0846. The number of ether oxygens (including phenoxy) is 1. The number of nitrogens with one attached hydrogen (secondary N) is 2. The lowest BCUT2D eigenvalue weighted by molar-refractivity contribution is -0.126. The Morgan fingerprint density at radius 2 is 1.78 bits per heavy atom. The van der Waals surface area contributed by atoms with Crippen LogP contribution in [-0.2, 0) is 14.4 Å². The second-order valence-corrected chi connectivity index (χ2v) is 8.91. The Bertz CT molecular complexity index is 975. The van der Waals surface area contributed by atoms with Crippen LogP contribution in [-0.4, -0.2) is 37.4 Å². The molecule has 2 N–H and O–H groups in total. The average Bonchev–Trinajstić information content (AvgIpc) is 3.12. The smallest absolute Gasteiger partial charge is 0.262 e. The number of carbonyl (C=O) groups excluding carboxylic acids is 3. The molecule has 1 saturated heterocycles. The molecule has 3 amide bonds. The van der Waals surface area contributed by atoms with Gasteiger partial charge in [-0.15, -0.1) is 0 Å². The Labute approximate surface area is 197 Å². The van der Waals surface area contributed by atoms with E-state index in [1.165, 1.54) is 0 Å². The van der Waals surface area contributed by atoms with Gasteiger partial charge in [0.05, 0.1) is 5.92 Å². The molecule has 0 bridgehead atoms. The number of halogens is 2. The number of nitrogens with zero attached hydrogens (tertiary/aromatic N) is 1. The third-order valence-electron chi connectivity index (χ3n) is 4.85. The van der Waals surface area contributed by atoms with Crippen LogP contribution in [0.4, 0.5) is 11.4 Å². The predicted octanol–water partition coefficient (Wildman–Crippen LogP) is 4.14. The number of amides is 3. The number of benzene rings is 2. The van der Waals surface area contributed by atoms with Gasteiger partial charge in [-0.25, -0.2) is 0 Å². The van der Waals surface area contributed by atoms with Crippen molar-refractivity contribution in [2.45, 2.75) is 20.3 Å². The Balaban J connectivity index is 1.52. The Morgan fingerprint density at radius 1 is 1.12 bits per heavy atom. The summed E-state index contributed by atoms with van der Waals surface area (Å²) >= 11 is 11.8. The molecule has 0 saturated carbocycles. The fourth-order valence-electron chi connectivity index (χ4n) is 3.28. The van der Waals surface area contributed by atoms with E-state index in [1.54, 1.807) is 47.4 Å². The third-order valence-corrected chi connectivity index (χ3v) is 5.28. The summed E-state index contributed by atoms with van der Waals surface area (Å²) in [5.41, 5.74) is 1.16. The number of carbonyl (C=O) groups is 3. The van der Waals surface area contributed by atoms with Gasteiger partial charge >= 0.3 is 0 Å². The van der Waals surface area contributed by atoms with Gasteiger partial charge in [0.25, 0.3) is 5.91 Å². The zero-order valence-electron chi connectivity index (χ0n) is 17.9. The standard InChI is InChI=1S/C23H25Cl2N3O4/c1-14(2)11-26-23(31)15-7-22(30)28(12-15)19-3-5-20(6-4-19)32-13-21(29)27-18-9-16(24)8-17(25)10-18/h3-6,8-10,14-15H,7,11-13H2,1-2H3,(H,26,31)(H,27,29)/t15-/m0/s1. The van der Waals surface area contributed by atoms with Gasteiger partial charge in [-0.2, -0.15) is 0 Å². The highest BCUT2D eigenvalue weighted by Crippen LogP contribution is 2.27. The molecule has 32 heavy (non-hydrogen) atoms. The molecule has 3 rings (SSSR count). The molecular formula is C23H25Cl2N3O4. The van der Waals surface area contributed by atoms with Crippen LogP contribution in [0.1, 0.15) is 20.3 Å². The molecule has 9 heteroatoms. The Morgan fingerprint density at radius 3 is 2.41 bits per heavy atom. The van der Waals surface area contributed by atoms with Crippen LogP contribution in [0.25, 0.3) is 0 Å². The molecule has 1 heterocycles. The monoisotopic (exact) mass is 477 g/mol. The highest BCUT2D eigenvalue weighted by Gasteiger charge is 2.35. The van der Waals surface area contributed by atoms with Crippen molar-refractivity contribution in [1.82, 2.24) is 5.32 Å². The van der Waals surface area contributed by atoms with Gasteiger partial charge in [-0.05, 0) is 48.4 Å². The molecule has 1 aliphatic rings. The van der Waals surface area contributed by atoms with Crippen LogP contribution >= 0.6 is 23.2 Å². The van der Waals surface area contributed by atoms with E-state index in [2.05, 4.69) is 10.6 Å². The SMILES string of the molecule is CC(C)CNC(=O)[C@H]1CC(=O)N(c2ccc(OCC(=O)Nc3cc(Cl)cc(Cl)c3)cc2)C1. The minimum atomic E-state index is -0.364. The molecule has 0 aliphatic carbocycles. The van der Waals surface area contributed by atoms with Crippen molar-refractivity contribution in [3.05, 3.63) is 52.5 Å². The van der Waals surface area contributed by atoms with Crippen LogP contribution in [0, 0.1) is 11.8 Å². The van der Waals surface area contributed by atoms with E-state index in [0.29, 0.717) is 46.2 Å². The van der Waals surface area contributed by atoms with E-state index in [9.17, 15) is 14.4 Å². The van der Waals surface area contributed by atoms with Crippen molar-refractivity contribution in [3.63, 3.8) is 0 Å². The molecule has 0 spiro atoms. The van der Waals surface area contributed by atoms with Crippen molar-refractivity contribution < 1.29 is 19.1 Å². The molecule has 0 radical (unpaired) electrons. The molecule has 0 aromatic heterocycles. The molecule has 1 fully saturated rings. The van der Waals surface area contributed by atoms with Crippen LogP contribution in [0.2, 0.25) is 10.0 Å². The van der Waals surface area contributed by atoms with E-state index in [0.717, 1.165) is 0 Å². The second kappa shape index (κ2) is 10.7. The lowest BCUT2D eigenvalue weighted by atomic mass is 10.1. The Kier molecular flexibility index (Phi) is 7.99. The van der Waals surface area contributed by atoms with Crippen LogP contribution in [0.3, 0.4) is 0 Å². The van der Waals surface area contributed by atoms with E-state index in [4.69, 9.17) is 27.9 Å². The van der Waals surface area contributed by atoms with Crippen LogP contribution in [0.15, 0.2) is 42.5 Å². The zero-order chi connectivity index (χ0) is 23.3. The van der Waals surface area contributed by atoms with Gasteiger partial charge in [0.2, 0.25) is 11.8 Å². The lowest BCUT2D eigenvalue weighted by Crippen LogP contribution is -2.35. The second-order valence-electron chi connectivity index (χ2n) is 8.03. The summed E-state index contributed by atoms with van der Waals surface area (Å²) in [7, 11) is 0. The molecule has 7 nitrogen and oxygen atoms in total. The summed E-state index contributed by atoms with van der Waals surface area (Å²) in [6, 6.07) is 11.6. The quantitative estimate of drug-likeness (QED) is 0.597. The third kappa shape index (κ3) is 6.61. The highest BCUT2D eigenvalue weighted by molar-refractivity contribution is 6.35. The summed E-state index contributed by atoms with van der Waals surface area (Å²) in [6.07, 6.45) is 0.190. The van der Waals surface area contributed by atoms with E-state index in [1.807, 2.05) is 13.8 Å². The number of hydrogen-bond acceptors (Lipinski definition) is 4. The molecule has 1 aliphatic heterocycles. The van der Waals surface area contributed by atoms with E-state index >= 15 is 0 Å². The van der Waals surface area contributed by atoms with E-state index < -0.39 is 0 Å². The molecule has 2 aromatic rings. The summed E-state index contributed by atoms with van der Waals surface area (Å²) < 4.78 is 5.51. The van der Waals surface area contributed by atoms with Gasteiger partial charge < -0.3 is 20.3 Å². The minimum Gasteiger partial charge on any atom is -0.484 e. The summed E-state index contributed by atoms with van der Waals surface area (Å²) in [4.78, 5) is 38.4.